The topological polar surface area (TPSA) is 38.3 Å². The fourth-order valence-corrected chi connectivity index (χ4v) is 0.866. The molecule has 0 aliphatic heterocycles. The number of halogens is 2. The molecule has 0 aromatic heterocycles. The highest BCUT2D eigenvalue weighted by Gasteiger charge is 2.11. The Hall–Kier alpha value is -1.49. The predicted octanol–water partition coefficient (Wildman–Crippen LogP) is 1.65. The number of hydrogen-bond acceptors (Lipinski definition) is 2. The first-order valence-corrected chi connectivity index (χ1v) is 4.02. The summed E-state index contributed by atoms with van der Waals surface area (Å²) < 4.78 is 25.4. The van der Waals surface area contributed by atoms with Gasteiger partial charge in [0.1, 0.15) is 11.6 Å². The van der Waals surface area contributed by atoms with Gasteiger partial charge >= 0.3 is 0 Å². The SMILES string of the molecule is CCONC(=O)c1ccc(F)cc1F. The van der Waals surface area contributed by atoms with Crippen molar-refractivity contribution in [1.82, 2.24) is 5.48 Å². The summed E-state index contributed by atoms with van der Waals surface area (Å²) in [5.41, 5.74) is 1.76. The lowest BCUT2D eigenvalue weighted by Crippen LogP contribution is -2.24. The van der Waals surface area contributed by atoms with E-state index >= 15 is 0 Å². The second-order valence-corrected chi connectivity index (χ2v) is 2.49. The largest absolute Gasteiger partial charge is 0.277 e. The van der Waals surface area contributed by atoms with Crippen molar-refractivity contribution < 1.29 is 18.4 Å². The molecule has 0 aliphatic carbocycles. The van der Waals surface area contributed by atoms with Crippen LogP contribution in [0.15, 0.2) is 18.2 Å². The molecule has 0 fully saturated rings. The van der Waals surface area contributed by atoms with Gasteiger partial charge in [-0.2, -0.15) is 0 Å². The van der Waals surface area contributed by atoms with E-state index in [4.69, 9.17) is 0 Å². The van der Waals surface area contributed by atoms with Gasteiger partial charge in [0.25, 0.3) is 5.91 Å². The zero-order chi connectivity index (χ0) is 10.6. The highest BCUT2D eigenvalue weighted by atomic mass is 19.1. The van der Waals surface area contributed by atoms with Crippen LogP contribution in [0.3, 0.4) is 0 Å². The van der Waals surface area contributed by atoms with E-state index in [-0.39, 0.29) is 12.2 Å². The average molecular weight is 201 g/mol. The fourth-order valence-electron chi connectivity index (χ4n) is 0.866. The molecule has 0 aliphatic rings. The van der Waals surface area contributed by atoms with E-state index in [0.29, 0.717) is 6.07 Å². The fraction of sp³-hybridized carbons (Fsp3) is 0.222. The number of rotatable bonds is 3. The lowest BCUT2D eigenvalue weighted by Gasteiger charge is -2.04. The second kappa shape index (κ2) is 4.66. The van der Waals surface area contributed by atoms with Crippen molar-refractivity contribution in [3.63, 3.8) is 0 Å². The first-order valence-electron chi connectivity index (χ1n) is 4.02. The third-order valence-corrected chi connectivity index (χ3v) is 1.48. The summed E-state index contributed by atoms with van der Waals surface area (Å²) in [7, 11) is 0. The van der Waals surface area contributed by atoms with Gasteiger partial charge in [-0.1, -0.05) is 0 Å². The quantitative estimate of drug-likeness (QED) is 0.755. The van der Waals surface area contributed by atoms with Crippen molar-refractivity contribution in [3.05, 3.63) is 35.4 Å². The predicted molar refractivity (Wildman–Crippen MR) is 45.5 cm³/mol. The molecule has 1 aromatic rings. The molecule has 0 saturated carbocycles. The Morgan fingerprint density at radius 3 is 2.79 bits per heavy atom. The molecule has 0 unspecified atom stereocenters. The molecule has 1 amide bonds. The highest BCUT2D eigenvalue weighted by molar-refractivity contribution is 5.93. The van der Waals surface area contributed by atoms with Crippen LogP contribution in [-0.2, 0) is 4.84 Å². The number of carbonyl (C=O) groups excluding carboxylic acids is 1. The van der Waals surface area contributed by atoms with Crippen molar-refractivity contribution in [2.75, 3.05) is 6.61 Å². The number of carbonyl (C=O) groups is 1. The van der Waals surface area contributed by atoms with Crippen LogP contribution >= 0.6 is 0 Å². The minimum Gasteiger partial charge on any atom is -0.274 e. The molecule has 1 N–H and O–H groups in total. The van der Waals surface area contributed by atoms with Crippen LogP contribution in [-0.4, -0.2) is 12.5 Å². The summed E-state index contributed by atoms with van der Waals surface area (Å²) in [6.45, 7) is 1.94. The van der Waals surface area contributed by atoms with Gasteiger partial charge in [0, 0.05) is 6.07 Å². The Morgan fingerprint density at radius 2 is 2.21 bits per heavy atom. The zero-order valence-electron chi connectivity index (χ0n) is 7.51. The van der Waals surface area contributed by atoms with Gasteiger partial charge in [0.15, 0.2) is 0 Å². The molecular formula is C9H9F2NO2. The molecule has 14 heavy (non-hydrogen) atoms. The van der Waals surface area contributed by atoms with Crippen LogP contribution in [0.25, 0.3) is 0 Å². The first kappa shape index (κ1) is 10.6. The second-order valence-electron chi connectivity index (χ2n) is 2.49. The third kappa shape index (κ3) is 2.50. The summed E-state index contributed by atoms with van der Waals surface area (Å²) >= 11 is 0. The van der Waals surface area contributed by atoms with Crippen molar-refractivity contribution in [1.29, 1.82) is 0 Å². The van der Waals surface area contributed by atoms with E-state index in [2.05, 4.69) is 4.84 Å². The monoisotopic (exact) mass is 201 g/mol. The maximum atomic E-state index is 13.0. The molecule has 1 aromatic carbocycles. The Balaban J connectivity index is 2.80. The number of amides is 1. The van der Waals surface area contributed by atoms with Gasteiger partial charge in [-0.3, -0.25) is 9.63 Å². The number of benzene rings is 1. The molecule has 0 spiro atoms. The normalized spacial score (nSPS) is 9.93. The summed E-state index contributed by atoms with van der Waals surface area (Å²) in [4.78, 5) is 15.7. The molecule has 0 radical (unpaired) electrons. The standard InChI is InChI=1S/C9H9F2NO2/c1-2-14-12-9(13)7-4-3-6(10)5-8(7)11/h3-5H,2H2,1H3,(H,12,13). The molecule has 1 rings (SSSR count). The first-order chi connectivity index (χ1) is 6.65. The van der Waals surface area contributed by atoms with Gasteiger partial charge in [0.05, 0.1) is 12.2 Å². The number of hydroxylamine groups is 1. The maximum absolute atomic E-state index is 13.0. The molecule has 76 valence electrons. The van der Waals surface area contributed by atoms with Crippen LogP contribution in [0, 0.1) is 11.6 Å². The maximum Gasteiger partial charge on any atom is 0.277 e. The van der Waals surface area contributed by atoms with Gasteiger partial charge in [-0.25, -0.2) is 14.3 Å². The lowest BCUT2D eigenvalue weighted by molar-refractivity contribution is 0.0361. The summed E-state index contributed by atoms with van der Waals surface area (Å²) in [6, 6.07) is 2.70. The van der Waals surface area contributed by atoms with Crippen molar-refractivity contribution >= 4 is 5.91 Å². The third-order valence-electron chi connectivity index (χ3n) is 1.48. The van der Waals surface area contributed by atoms with Gasteiger partial charge in [-0.05, 0) is 19.1 Å². The van der Waals surface area contributed by atoms with Crippen LogP contribution in [0.1, 0.15) is 17.3 Å². The Bertz CT molecular complexity index is 342. The van der Waals surface area contributed by atoms with Crippen LogP contribution in [0.5, 0.6) is 0 Å². The molecule has 3 nitrogen and oxygen atoms in total. The molecule has 5 heteroatoms. The Kier molecular flexibility index (Phi) is 3.53. The summed E-state index contributed by atoms with van der Waals surface area (Å²) in [5.74, 6) is -2.37. The highest BCUT2D eigenvalue weighted by Crippen LogP contribution is 2.08. The molecule has 0 heterocycles. The van der Waals surface area contributed by atoms with E-state index in [9.17, 15) is 13.6 Å². The molecule has 0 atom stereocenters. The number of hydrogen-bond donors (Lipinski definition) is 1. The van der Waals surface area contributed by atoms with Crippen molar-refractivity contribution in [2.45, 2.75) is 6.92 Å². The summed E-state index contributed by atoms with van der Waals surface area (Å²) in [6.07, 6.45) is 0. The van der Waals surface area contributed by atoms with E-state index in [1.807, 2.05) is 5.48 Å². The molecular weight excluding hydrogens is 192 g/mol. The van der Waals surface area contributed by atoms with Crippen LogP contribution in [0.2, 0.25) is 0 Å². The minimum atomic E-state index is -0.915. The average Bonchev–Trinajstić information content (AvgIpc) is 2.14. The number of nitrogens with one attached hydrogen (secondary N) is 1. The van der Waals surface area contributed by atoms with Gasteiger partial charge in [-0.15, -0.1) is 0 Å². The van der Waals surface area contributed by atoms with E-state index in [1.165, 1.54) is 0 Å². The summed E-state index contributed by atoms with van der Waals surface area (Å²) in [5, 5.41) is 0. The van der Waals surface area contributed by atoms with E-state index in [0.717, 1.165) is 12.1 Å². The zero-order valence-corrected chi connectivity index (χ0v) is 7.51. The molecule has 0 bridgehead atoms. The smallest absolute Gasteiger partial charge is 0.274 e. The van der Waals surface area contributed by atoms with Gasteiger partial charge in [0.2, 0.25) is 0 Å². The van der Waals surface area contributed by atoms with Crippen molar-refractivity contribution in [2.24, 2.45) is 0 Å². The van der Waals surface area contributed by atoms with E-state index in [1.54, 1.807) is 6.92 Å². The Morgan fingerprint density at radius 1 is 1.50 bits per heavy atom. The Labute approximate surface area is 79.6 Å². The van der Waals surface area contributed by atoms with Crippen molar-refractivity contribution in [3.8, 4) is 0 Å². The van der Waals surface area contributed by atoms with Crippen LogP contribution < -0.4 is 5.48 Å². The van der Waals surface area contributed by atoms with Gasteiger partial charge < -0.3 is 0 Å². The molecule has 0 saturated heterocycles. The van der Waals surface area contributed by atoms with E-state index < -0.39 is 17.5 Å². The minimum absolute atomic E-state index is 0.250. The van der Waals surface area contributed by atoms with Crippen LogP contribution in [0.4, 0.5) is 8.78 Å². The lowest BCUT2D eigenvalue weighted by atomic mass is 10.2.